The Labute approximate surface area is 77.0 Å². The number of rotatable bonds is 1. The molecule has 0 spiro atoms. The average Bonchev–Trinajstić information content (AvgIpc) is 2.14. The van der Waals surface area contributed by atoms with Gasteiger partial charge in [-0.2, -0.15) is 0 Å². The molecule has 0 amide bonds. The van der Waals surface area contributed by atoms with Crippen molar-refractivity contribution in [2.75, 3.05) is 12.3 Å². The van der Waals surface area contributed by atoms with Gasteiger partial charge in [0.25, 0.3) is 0 Å². The van der Waals surface area contributed by atoms with E-state index in [9.17, 15) is 0 Å². The van der Waals surface area contributed by atoms with Crippen molar-refractivity contribution in [3.05, 3.63) is 11.4 Å². The highest BCUT2D eigenvalue weighted by molar-refractivity contribution is 7.61. The van der Waals surface area contributed by atoms with Gasteiger partial charge in [-0.1, -0.05) is 26.2 Å². The van der Waals surface area contributed by atoms with Crippen LogP contribution in [0.1, 0.15) is 20.3 Å². The Morgan fingerprint density at radius 3 is 2.30 bits per heavy atom. The summed E-state index contributed by atoms with van der Waals surface area (Å²) in [6.45, 7) is 4.54. The molecule has 0 aromatic carbocycles. The van der Waals surface area contributed by atoms with E-state index in [0.717, 1.165) is 0 Å². The number of halogens is 2. The van der Waals surface area contributed by atoms with Crippen LogP contribution in [0.5, 0.6) is 0 Å². The molecule has 0 saturated heterocycles. The van der Waals surface area contributed by atoms with Crippen LogP contribution >= 0.6 is 32.7 Å². The van der Waals surface area contributed by atoms with Gasteiger partial charge >= 0.3 is 0 Å². The highest BCUT2D eigenvalue weighted by atomic mass is 35.5. The minimum Gasteiger partial charge on any atom is -0.147 e. The van der Waals surface area contributed by atoms with E-state index in [0.29, 0.717) is 7.92 Å². The third kappa shape index (κ3) is 3.81. The van der Waals surface area contributed by atoms with E-state index in [1.807, 2.05) is 0 Å². The van der Waals surface area contributed by atoms with Crippen LogP contribution in [0, 0.1) is 0 Å². The monoisotopic (exact) mass is 200 g/mol. The molecule has 0 N–H and O–H groups in total. The van der Waals surface area contributed by atoms with Gasteiger partial charge in [-0.05, 0) is 25.7 Å². The van der Waals surface area contributed by atoms with Crippen LogP contribution < -0.4 is 0 Å². The van der Waals surface area contributed by atoms with Crippen molar-refractivity contribution in [3.63, 3.8) is 0 Å². The summed E-state index contributed by atoms with van der Waals surface area (Å²) in [6.07, 6.45) is 4.24. The summed E-state index contributed by atoms with van der Waals surface area (Å²) in [4.78, 5) is 0. The maximum Gasteiger partial charge on any atom is -0.0254 e. The third-order valence-electron chi connectivity index (χ3n) is 1.60. The van der Waals surface area contributed by atoms with Gasteiger partial charge in [-0.3, -0.25) is 0 Å². The highest BCUT2D eigenvalue weighted by Crippen LogP contribution is 2.44. The second-order valence-corrected chi connectivity index (χ2v) is 4.87. The van der Waals surface area contributed by atoms with E-state index in [-0.39, 0.29) is 24.8 Å². The van der Waals surface area contributed by atoms with Gasteiger partial charge in [0.1, 0.15) is 0 Å². The molecule has 1 aliphatic rings. The summed E-state index contributed by atoms with van der Waals surface area (Å²) in [7, 11) is 0.356. The van der Waals surface area contributed by atoms with Crippen molar-refractivity contribution in [2.24, 2.45) is 0 Å². The first-order valence-corrected chi connectivity index (χ1v) is 5.02. The molecule has 0 nitrogen and oxygen atoms in total. The fourth-order valence-corrected chi connectivity index (χ4v) is 3.03. The molecular weight excluding hydrogens is 186 g/mol. The molecule has 0 aromatic heterocycles. The third-order valence-corrected chi connectivity index (χ3v) is 4.02. The molecule has 0 aliphatic carbocycles. The molecular formula is C7H15Cl2P. The minimum absolute atomic E-state index is 0. The summed E-state index contributed by atoms with van der Waals surface area (Å²) >= 11 is 0. The van der Waals surface area contributed by atoms with Crippen LogP contribution in [0.4, 0.5) is 0 Å². The minimum atomic E-state index is 0. The Morgan fingerprint density at radius 2 is 2.10 bits per heavy atom. The smallest absolute Gasteiger partial charge is 0.0254 e. The van der Waals surface area contributed by atoms with Crippen molar-refractivity contribution in [3.8, 4) is 0 Å². The lowest BCUT2D eigenvalue weighted by atomic mass is 10.3. The molecule has 1 heterocycles. The Bertz CT molecular complexity index is 112. The van der Waals surface area contributed by atoms with Crippen LogP contribution in [0.3, 0.4) is 0 Å². The standard InChI is InChI=1S/C7H13P.2ClH/c1-3-8-5-4-7(2)6-8;;/h6H,3-5H2,1-2H3;2*1H. The molecule has 3 heteroatoms. The molecule has 10 heavy (non-hydrogen) atoms. The van der Waals surface area contributed by atoms with Crippen molar-refractivity contribution in [2.45, 2.75) is 20.3 Å². The predicted octanol–water partition coefficient (Wildman–Crippen LogP) is 3.64. The average molecular weight is 201 g/mol. The second-order valence-electron chi connectivity index (χ2n) is 2.35. The second kappa shape index (κ2) is 6.46. The van der Waals surface area contributed by atoms with Crippen LogP contribution in [0.15, 0.2) is 11.4 Å². The molecule has 0 radical (unpaired) electrons. The molecule has 1 aliphatic heterocycles. The first-order valence-electron chi connectivity index (χ1n) is 3.24. The van der Waals surface area contributed by atoms with Crippen molar-refractivity contribution in [1.29, 1.82) is 0 Å². The van der Waals surface area contributed by atoms with Crippen molar-refractivity contribution < 1.29 is 0 Å². The first-order chi connectivity index (χ1) is 3.83. The summed E-state index contributed by atoms with van der Waals surface area (Å²) in [5, 5.41) is 0. The van der Waals surface area contributed by atoms with Crippen molar-refractivity contribution >= 4 is 32.7 Å². The zero-order valence-corrected chi connectivity index (χ0v) is 8.99. The Hall–Kier alpha value is 0.750. The molecule has 0 aromatic rings. The van der Waals surface area contributed by atoms with Gasteiger partial charge in [0.15, 0.2) is 0 Å². The van der Waals surface area contributed by atoms with E-state index in [2.05, 4.69) is 19.7 Å². The topological polar surface area (TPSA) is 0 Å². The fourth-order valence-electron chi connectivity index (χ4n) is 1.01. The van der Waals surface area contributed by atoms with Crippen LogP contribution in [-0.2, 0) is 0 Å². The van der Waals surface area contributed by atoms with Crippen LogP contribution in [-0.4, -0.2) is 12.3 Å². The Kier molecular flexibility index (Phi) is 8.62. The Balaban J connectivity index is 0. The SMILES string of the molecule is CCP1C=C(C)CC1.Cl.Cl. The fraction of sp³-hybridized carbons (Fsp3) is 0.714. The van der Waals surface area contributed by atoms with E-state index in [1.54, 1.807) is 5.57 Å². The lowest BCUT2D eigenvalue weighted by molar-refractivity contribution is 1.14. The van der Waals surface area contributed by atoms with E-state index in [1.165, 1.54) is 18.7 Å². The zero-order chi connectivity index (χ0) is 5.98. The van der Waals surface area contributed by atoms with Gasteiger partial charge in [-0.25, -0.2) is 0 Å². The highest BCUT2D eigenvalue weighted by Gasteiger charge is 2.08. The summed E-state index contributed by atoms with van der Waals surface area (Å²) in [5.74, 6) is 2.48. The van der Waals surface area contributed by atoms with Gasteiger partial charge in [-0.15, -0.1) is 24.8 Å². The number of allylic oxidation sites excluding steroid dienone is 1. The lowest BCUT2D eigenvalue weighted by Crippen LogP contribution is -1.74. The summed E-state index contributed by atoms with van der Waals surface area (Å²) in [6, 6.07) is 0. The van der Waals surface area contributed by atoms with Crippen LogP contribution in [0.25, 0.3) is 0 Å². The number of hydrogen-bond donors (Lipinski definition) is 0. The zero-order valence-electron chi connectivity index (χ0n) is 6.46. The molecule has 1 atom stereocenters. The molecule has 0 fully saturated rings. The molecule has 0 bridgehead atoms. The largest absolute Gasteiger partial charge is 0.147 e. The quantitative estimate of drug-likeness (QED) is 0.568. The predicted molar refractivity (Wildman–Crippen MR) is 55.2 cm³/mol. The number of hydrogen-bond acceptors (Lipinski definition) is 0. The van der Waals surface area contributed by atoms with Crippen molar-refractivity contribution in [1.82, 2.24) is 0 Å². The molecule has 1 rings (SSSR count). The van der Waals surface area contributed by atoms with Crippen LogP contribution in [0.2, 0.25) is 0 Å². The van der Waals surface area contributed by atoms with Gasteiger partial charge in [0.2, 0.25) is 0 Å². The Morgan fingerprint density at radius 1 is 1.50 bits per heavy atom. The van der Waals surface area contributed by atoms with Gasteiger partial charge in [0.05, 0.1) is 0 Å². The van der Waals surface area contributed by atoms with Gasteiger partial charge < -0.3 is 0 Å². The van der Waals surface area contributed by atoms with E-state index < -0.39 is 0 Å². The first kappa shape index (κ1) is 13.3. The maximum absolute atomic E-state index is 2.48. The maximum atomic E-state index is 2.48. The molecule has 0 saturated carbocycles. The van der Waals surface area contributed by atoms with E-state index >= 15 is 0 Å². The summed E-state index contributed by atoms with van der Waals surface area (Å²) in [5.41, 5.74) is 1.62. The molecule has 62 valence electrons. The summed E-state index contributed by atoms with van der Waals surface area (Å²) < 4.78 is 0. The normalized spacial score (nSPS) is 22.6. The molecule has 1 unspecified atom stereocenters. The van der Waals surface area contributed by atoms with E-state index in [4.69, 9.17) is 0 Å². The van der Waals surface area contributed by atoms with Gasteiger partial charge in [0, 0.05) is 0 Å². The lowest BCUT2D eigenvalue weighted by Gasteiger charge is -1.99.